The van der Waals surface area contributed by atoms with Gasteiger partial charge in [-0.2, -0.15) is 15.1 Å². The topological polar surface area (TPSA) is 98.3 Å². The largest absolute Gasteiger partial charge is 0.368 e. The lowest BCUT2D eigenvalue weighted by atomic mass is 10.1. The number of nitrogens with zero attached hydrogens (tertiary/aromatic N) is 5. The molecule has 98 valence electrons. The molecular formula is C12H15N7. The van der Waals surface area contributed by atoms with Crippen molar-refractivity contribution in [1.29, 1.82) is 0 Å². The van der Waals surface area contributed by atoms with E-state index < -0.39 is 0 Å². The number of hydrogen-bond donors (Lipinski definition) is 2. The van der Waals surface area contributed by atoms with Gasteiger partial charge in [0.2, 0.25) is 5.95 Å². The van der Waals surface area contributed by atoms with Crippen LogP contribution >= 0.6 is 0 Å². The fraction of sp³-hybridized carbons (Fsp3) is 0.333. The van der Waals surface area contributed by atoms with Gasteiger partial charge in [0.25, 0.3) is 0 Å². The van der Waals surface area contributed by atoms with Crippen LogP contribution in [0.25, 0.3) is 17.0 Å². The summed E-state index contributed by atoms with van der Waals surface area (Å²) in [4.78, 5) is 15.5. The van der Waals surface area contributed by atoms with E-state index in [1.54, 1.807) is 11.0 Å². The van der Waals surface area contributed by atoms with Gasteiger partial charge in [0.15, 0.2) is 11.5 Å². The van der Waals surface area contributed by atoms with Gasteiger partial charge in [-0.1, -0.05) is 6.92 Å². The van der Waals surface area contributed by atoms with E-state index in [1.165, 1.54) is 5.56 Å². The van der Waals surface area contributed by atoms with Crippen molar-refractivity contribution in [2.75, 3.05) is 5.73 Å². The first-order chi connectivity index (χ1) is 9.11. The van der Waals surface area contributed by atoms with Crippen molar-refractivity contribution >= 4 is 17.1 Å². The SMILES string of the molecule is CCc1c(C)nn(-c2nc(N)nc3nc[nH]c23)c1C. The van der Waals surface area contributed by atoms with Crippen LogP contribution in [0, 0.1) is 13.8 Å². The lowest BCUT2D eigenvalue weighted by molar-refractivity contribution is 0.809. The van der Waals surface area contributed by atoms with Gasteiger partial charge in [0, 0.05) is 5.69 Å². The third-order valence-corrected chi connectivity index (χ3v) is 3.28. The van der Waals surface area contributed by atoms with Gasteiger partial charge in [-0.3, -0.25) is 0 Å². The Labute approximate surface area is 109 Å². The second kappa shape index (κ2) is 4.04. The Morgan fingerprint density at radius 1 is 1.32 bits per heavy atom. The molecule has 0 spiro atoms. The number of aromatic amines is 1. The third-order valence-electron chi connectivity index (χ3n) is 3.28. The van der Waals surface area contributed by atoms with Crippen molar-refractivity contribution in [3.8, 4) is 5.82 Å². The molecular weight excluding hydrogens is 242 g/mol. The molecule has 0 unspecified atom stereocenters. The van der Waals surface area contributed by atoms with Gasteiger partial charge in [0.1, 0.15) is 5.52 Å². The first kappa shape index (κ1) is 11.6. The van der Waals surface area contributed by atoms with Crippen LogP contribution in [0.5, 0.6) is 0 Å². The number of H-pyrrole nitrogens is 1. The summed E-state index contributed by atoms with van der Waals surface area (Å²) < 4.78 is 1.80. The first-order valence-corrected chi connectivity index (χ1v) is 6.14. The standard InChI is InChI=1S/C12H15N7/c1-4-8-6(2)18-19(7(8)3)11-9-10(15-5-14-9)16-12(13)17-11/h5H,4H2,1-3H3,(H3,13,14,15,16,17). The van der Waals surface area contributed by atoms with Crippen molar-refractivity contribution in [2.24, 2.45) is 0 Å². The Hall–Kier alpha value is -2.44. The minimum absolute atomic E-state index is 0.195. The molecule has 3 aromatic heterocycles. The Balaban J connectivity index is 2.33. The zero-order valence-corrected chi connectivity index (χ0v) is 11.1. The van der Waals surface area contributed by atoms with Crippen LogP contribution in [0.1, 0.15) is 23.9 Å². The van der Waals surface area contributed by atoms with Crippen molar-refractivity contribution in [2.45, 2.75) is 27.2 Å². The van der Waals surface area contributed by atoms with E-state index in [9.17, 15) is 0 Å². The molecule has 3 heterocycles. The fourth-order valence-corrected chi connectivity index (χ4v) is 2.38. The van der Waals surface area contributed by atoms with E-state index in [1.807, 2.05) is 13.8 Å². The molecule has 0 saturated carbocycles. The van der Waals surface area contributed by atoms with Crippen molar-refractivity contribution in [1.82, 2.24) is 29.7 Å². The van der Waals surface area contributed by atoms with Crippen molar-refractivity contribution < 1.29 is 0 Å². The summed E-state index contributed by atoms with van der Waals surface area (Å²) in [6.45, 7) is 6.14. The highest BCUT2D eigenvalue weighted by Crippen LogP contribution is 2.21. The quantitative estimate of drug-likeness (QED) is 0.721. The minimum atomic E-state index is 0.195. The zero-order valence-electron chi connectivity index (χ0n) is 11.1. The molecule has 0 atom stereocenters. The van der Waals surface area contributed by atoms with E-state index >= 15 is 0 Å². The summed E-state index contributed by atoms with van der Waals surface area (Å²) in [6.07, 6.45) is 2.51. The second-order valence-electron chi connectivity index (χ2n) is 4.42. The fourth-order valence-electron chi connectivity index (χ4n) is 2.38. The minimum Gasteiger partial charge on any atom is -0.368 e. The predicted molar refractivity (Wildman–Crippen MR) is 72.1 cm³/mol. The lowest BCUT2D eigenvalue weighted by Crippen LogP contribution is -2.07. The molecule has 7 heteroatoms. The molecule has 0 aliphatic carbocycles. The Bertz CT molecular complexity index is 753. The number of aryl methyl sites for hydroxylation is 1. The highest BCUT2D eigenvalue weighted by atomic mass is 15.3. The van der Waals surface area contributed by atoms with E-state index in [0.29, 0.717) is 11.5 Å². The highest BCUT2D eigenvalue weighted by Gasteiger charge is 2.16. The van der Waals surface area contributed by atoms with Crippen molar-refractivity contribution in [3.05, 3.63) is 23.3 Å². The lowest BCUT2D eigenvalue weighted by Gasteiger charge is -2.05. The average molecular weight is 257 g/mol. The molecule has 0 saturated heterocycles. The van der Waals surface area contributed by atoms with Crippen LogP contribution in [0.15, 0.2) is 6.33 Å². The maximum Gasteiger partial charge on any atom is 0.224 e. The Kier molecular flexibility index (Phi) is 2.48. The number of nitrogens with one attached hydrogen (secondary N) is 1. The maximum absolute atomic E-state index is 5.73. The van der Waals surface area contributed by atoms with Crippen LogP contribution in [-0.2, 0) is 6.42 Å². The summed E-state index contributed by atoms with van der Waals surface area (Å²) in [5.74, 6) is 0.834. The molecule has 0 amide bonds. The molecule has 0 fully saturated rings. The number of imidazole rings is 1. The van der Waals surface area contributed by atoms with Gasteiger partial charge in [-0.15, -0.1) is 0 Å². The molecule has 0 aliphatic heterocycles. The van der Waals surface area contributed by atoms with Gasteiger partial charge < -0.3 is 10.7 Å². The van der Waals surface area contributed by atoms with Crippen LogP contribution in [0.3, 0.4) is 0 Å². The van der Waals surface area contributed by atoms with E-state index in [4.69, 9.17) is 5.73 Å². The Morgan fingerprint density at radius 2 is 2.11 bits per heavy atom. The predicted octanol–water partition coefficient (Wildman–Crippen LogP) is 1.30. The number of hydrogen-bond acceptors (Lipinski definition) is 5. The molecule has 19 heavy (non-hydrogen) atoms. The van der Waals surface area contributed by atoms with Gasteiger partial charge in [-0.25, -0.2) is 9.67 Å². The number of nitrogen functional groups attached to an aromatic ring is 1. The van der Waals surface area contributed by atoms with E-state index in [0.717, 1.165) is 23.3 Å². The monoisotopic (exact) mass is 257 g/mol. The first-order valence-electron chi connectivity index (χ1n) is 6.14. The van der Waals surface area contributed by atoms with Gasteiger partial charge in [-0.05, 0) is 25.8 Å². The highest BCUT2D eigenvalue weighted by molar-refractivity contribution is 5.79. The second-order valence-corrected chi connectivity index (χ2v) is 4.42. The summed E-state index contributed by atoms with van der Waals surface area (Å²) in [5, 5.41) is 4.55. The van der Waals surface area contributed by atoms with Gasteiger partial charge in [0.05, 0.1) is 12.0 Å². The molecule has 0 aromatic carbocycles. The number of nitrogens with two attached hydrogens (primary N) is 1. The average Bonchev–Trinajstić information content (AvgIpc) is 2.93. The zero-order chi connectivity index (χ0) is 13.6. The summed E-state index contributed by atoms with van der Waals surface area (Å²) >= 11 is 0. The summed E-state index contributed by atoms with van der Waals surface area (Å²) in [7, 11) is 0. The summed E-state index contributed by atoms with van der Waals surface area (Å²) in [5.41, 5.74) is 10.3. The van der Waals surface area contributed by atoms with Crippen LogP contribution in [0.4, 0.5) is 5.95 Å². The number of aromatic nitrogens is 6. The van der Waals surface area contributed by atoms with Crippen molar-refractivity contribution in [3.63, 3.8) is 0 Å². The van der Waals surface area contributed by atoms with Crippen LogP contribution < -0.4 is 5.73 Å². The molecule has 0 radical (unpaired) electrons. The third kappa shape index (κ3) is 1.66. The number of fused-ring (bicyclic) bond motifs is 1. The molecule has 3 N–H and O–H groups in total. The number of anilines is 1. The van der Waals surface area contributed by atoms with Gasteiger partial charge >= 0.3 is 0 Å². The van der Waals surface area contributed by atoms with E-state index in [-0.39, 0.29) is 5.95 Å². The van der Waals surface area contributed by atoms with Crippen LogP contribution in [0.2, 0.25) is 0 Å². The Morgan fingerprint density at radius 3 is 2.79 bits per heavy atom. The smallest absolute Gasteiger partial charge is 0.224 e. The number of rotatable bonds is 2. The molecule has 7 nitrogen and oxygen atoms in total. The molecule has 0 aliphatic rings. The molecule has 3 aromatic rings. The molecule has 3 rings (SSSR count). The normalized spacial score (nSPS) is 11.3. The van der Waals surface area contributed by atoms with Crippen LogP contribution in [-0.4, -0.2) is 29.7 Å². The molecule has 0 bridgehead atoms. The maximum atomic E-state index is 5.73. The van der Waals surface area contributed by atoms with E-state index in [2.05, 4.69) is 32.0 Å². The summed E-state index contributed by atoms with van der Waals surface area (Å²) in [6, 6.07) is 0.